The molecule has 1 heterocycles. The molecule has 10 rings (SSSR count). The predicted octanol–water partition coefficient (Wildman–Crippen LogP) is 13.4. The molecule has 53 heavy (non-hydrogen) atoms. The highest BCUT2D eigenvalue weighted by Gasteiger charge is 2.42. The van der Waals surface area contributed by atoms with Crippen LogP contribution in [0, 0.1) is 0 Å². The van der Waals surface area contributed by atoms with E-state index >= 15 is 0 Å². The lowest BCUT2D eigenvalue weighted by molar-refractivity contribution is 0.664. The van der Waals surface area contributed by atoms with E-state index in [2.05, 4.69) is 196 Å². The number of benzene rings is 8. The summed E-state index contributed by atoms with van der Waals surface area (Å²) in [7, 11) is 0. The molecule has 0 N–H and O–H groups in total. The summed E-state index contributed by atoms with van der Waals surface area (Å²) >= 11 is 0. The Morgan fingerprint density at radius 3 is 1.38 bits per heavy atom. The first kappa shape index (κ1) is 31.1. The maximum atomic E-state index is 5.53. The topological polar surface area (TPSA) is 25.8 Å². The van der Waals surface area contributed by atoms with E-state index in [4.69, 9.17) is 9.97 Å². The van der Waals surface area contributed by atoms with Crippen LogP contribution in [-0.2, 0) is 5.41 Å². The number of fused-ring (bicyclic) bond motifs is 8. The van der Waals surface area contributed by atoms with Crippen molar-refractivity contribution in [1.82, 2.24) is 9.97 Å². The van der Waals surface area contributed by atoms with Crippen molar-refractivity contribution in [3.8, 4) is 67.3 Å². The average Bonchev–Trinajstić information content (AvgIpc) is 3.48. The molecule has 1 aromatic heterocycles. The Kier molecular flexibility index (Phi) is 7.19. The second-order valence-electron chi connectivity index (χ2n) is 14.6. The Morgan fingerprint density at radius 1 is 0.321 bits per heavy atom. The minimum Gasteiger partial charge on any atom is -0.228 e. The van der Waals surface area contributed by atoms with Crippen molar-refractivity contribution < 1.29 is 0 Å². The summed E-state index contributed by atoms with van der Waals surface area (Å²) in [6.07, 6.45) is 0. The zero-order valence-corrected chi connectivity index (χ0v) is 29.7. The molecule has 0 spiro atoms. The third-order valence-corrected chi connectivity index (χ3v) is 11.0. The van der Waals surface area contributed by atoms with Gasteiger partial charge in [0.25, 0.3) is 0 Å². The first-order valence-corrected chi connectivity index (χ1v) is 18.3. The van der Waals surface area contributed by atoms with E-state index in [1.54, 1.807) is 0 Å². The zero-order chi connectivity index (χ0) is 35.5. The first-order chi connectivity index (χ1) is 26.0. The van der Waals surface area contributed by atoms with Crippen molar-refractivity contribution in [2.24, 2.45) is 0 Å². The van der Waals surface area contributed by atoms with Gasteiger partial charge in [0.15, 0.2) is 5.82 Å². The lowest BCUT2D eigenvalue weighted by Gasteiger charge is -2.25. The summed E-state index contributed by atoms with van der Waals surface area (Å²) in [6, 6.07) is 65.2. The second-order valence-corrected chi connectivity index (χ2v) is 14.6. The van der Waals surface area contributed by atoms with Gasteiger partial charge in [-0.2, -0.15) is 0 Å². The number of hydrogen-bond donors (Lipinski definition) is 0. The van der Waals surface area contributed by atoms with E-state index in [9.17, 15) is 0 Å². The van der Waals surface area contributed by atoms with E-state index < -0.39 is 0 Å². The fourth-order valence-electron chi connectivity index (χ4n) is 8.53. The minimum absolute atomic E-state index is 0.320. The quantitative estimate of drug-likeness (QED) is 0.170. The number of hydrogen-bond acceptors (Lipinski definition) is 2. The van der Waals surface area contributed by atoms with Crippen molar-refractivity contribution in [2.45, 2.75) is 19.3 Å². The van der Waals surface area contributed by atoms with Crippen LogP contribution in [0.15, 0.2) is 182 Å². The normalized spacial score (nSPS) is 12.9. The second kappa shape index (κ2) is 12.3. The van der Waals surface area contributed by atoms with Gasteiger partial charge in [-0.3, -0.25) is 0 Å². The highest BCUT2D eigenvalue weighted by molar-refractivity contribution is 6.18. The van der Waals surface area contributed by atoms with E-state index in [1.807, 2.05) is 0 Å². The molecule has 8 aromatic carbocycles. The molecule has 1 aliphatic carbocycles. The summed E-state index contributed by atoms with van der Waals surface area (Å²) in [5.41, 5.74) is 14.6. The molecular weight excluding hydrogens is 641 g/mol. The number of aromatic nitrogens is 2. The van der Waals surface area contributed by atoms with Crippen LogP contribution in [0.25, 0.3) is 88.8 Å². The largest absolute Gasteiger partial charge is 0.228 e. The Balaban J connectivity index is 1.13. The van der Waals surface area contributed by atoms with Crippen molar-refractivity contribution in [1.29, 1.82) is 0 Å². The highest BCUT2D eigenvalue weighted by Crippen LogP contribution is 2.56. The van der Waals surface area contributed by atoms with Crippen LogP contribution in [0.3, 0.4) is 0 Å². The van der Waals surface area contributed by atoms with Gasteiger partial charge in [0.05, 0.1) is 11.4 Å². The standard InChI is InChI=1S/C51H36N2/c1-51(2)46-44-26-12-10-24-42(44)41-23-9-11-25-43(41)45(46)49-47(51)48(36-17-7-4-8-18-36)52-50(53-49)40-22-14-21-39(32-40)38-20-13-19-37(31-38)35-29-27-34(28-30-35)33-15-5-3-6-16-33/h3-32H,1-2H3. The van der Waals surface area contributed by atoms with Crippen molar-refractivity contribution in [3.63, 3.8) is 0 Å². The molecule has 9 aromatic rings. The van der Waals surface area contributed by atoms with Gasteiger partial charge in [0, 0.05) is 27.7 Å². The lowest BCUT2D eigenvalue weighted by atomic mass is 9.78. The van der Waals surface area contributed by atoms with Crippen LogP contribution in [0.1, 0.15) is 25.0 Å². The van der Waals surface area contributed by atoms with Gasteiger partial charge in [0.2, 0.25) is 0 Å². The first-order valence-electron chi connectivity index (χ1n) is 18.3. The minimum atomic E-state index is -0.320. The van der Waals surface area contributed by atoms with Gasteiger partial charge in [-0.05, 0) is 72.6 Å². The van der Waals surface area contributed by atoms with Crippen LogP contribution in [-0.4, -0.2) is 9.97 Å². The van der Waals surface area contributed by atoms with Crippen LogP contribution in [0.4, 0.5) is 0 Å². The maximum Gasteiger partial charge on any atom is 0.160 e. The monoisotopic (exact) mass is 676 g/mol. The summed E-state index contributed by atoms with van der Waals surface area (Å²) in [6.45, 7) is 4.69. The Labute approximate surface area is 310 Å². The predicted molar refractivity (Wildman–Crippen MR) is 222 cm³/mol. The van der Waals surface area contributed by atoms with Gasteiger partial charge in [0.1, 0.15) is 0 Å². The molecule has 0 atom stereocenters. The molecule has 0 amide bonds. The van der Waals surface area contributed by atoms with Crippen molar-refractivity contribution in [3.05, 3.63) is 193 Å². The molecule has 0 saturated heterocycles. The summed E-state index contributed by atoms with van der Waals surface area (Å²) in [5, 5.41) is 5.04. The van der Waals surface area contributed by atoms with Crippen LogP contribution in [0.2, 0.25) is 0 Å². The van der Waals surface area contributed by atoms with Crippen molar-refractivity contribution in [2.75, 3.05) is 0 Å². The van der Waals surface area contributed by atoms with Gasteiger partial charge in [-0.25, -0.2) is 9.97 Å². The molecule has 2 nitrogen and oxygen atoms in total. The van der Waals surface area contributed by atoms with E-state index in [1.165, 1.54) is 60.5 Å². The van der Waals surface area contributed by atoms with Gasteiger partial charge >= 0.3 is 0 Å². The molecule has 0 radical (unpaired) electrons. The molecule has 0 fully saturated rings. The third kappa shape index (κ3) is 5.10. The molecule has 0 aliphatic heterocycles. The summed E-state index contributed by atoms with van der Waals surface area (Å²) in [5.74, 6) is 0.734. The fourth-order valence-corrected chi connectivity index (χ4v) is 8.53. The molecule has 2 heteroatoms. The molecule has 0 saturated carbocycles. The smallest absolute Gasteiger partial charge is 0.160 e. The number of rotatable bonds is 5. The van der Waals surface area contributed by atoms with Crippen LogP contribution >= 0.6 is 0 Å². The summed E-state index contributed by atoms with van der Waals surface area (Å²) in [4.78, 5) is 11.0. The van der Waals surface area contributed by atoms with Gasteiger partial charge in [-0.15, -0.1) is 0 Å². The molecule has 0 unspecified atom stereocenters. The molecular formula is C51H36N2. The Hall–Kier alpha value is -6.64. The lowest BCUT2D eigenvalue weighted by Crippen LogP contribution is -2.18. The Morgan fingerprint density at radius 2 is 0.736 bits per heavy atom. The average molecular weight is 677 g/mol. The zero-order valence-electron chi connectivity index (χ0n) is 29.7. The third-order valence-electron chi connectivity index (χ3n) is 11.0. The fraction of sp³-hybridized carbons (Fsp3) is 0.0588. The maximum absolute atomic E-state index is 5.53. The molecule has 1 aliphatic rings. The van der Waals surface area contributed by atoms with E-state index in [-0.39, 0.29) is 5.41 Å². The number of nitrogens with zero attached hydrogens (tertiary/aromatic N) is 2. The van der Waals surface area contributed by atoms with E-state index in [0.29, 0.717) is 0 Å². The van der Waals surface area contributed by atoms with E-state index in [0.717, 1.165) is 39.5 Å². The summed E-state index contributed by atoms with van der Waals surface area (Å²) < 4.78 is 0. The SMILES string of the molecule is CC1(C)c2c(-c3ccccc3)nc(-c3cccc(-c4cccc(-c5ccc(-c6ccccc6)cc5)c4)c3)nc2-c2c1c1ccccc1c1ccccc21. The Bertz CT molecular complexity index is 2830. The van der Waals surface area contributed by atoms with Gasteiger partial charge in [-0.1, -0.05) is 184 Å². The molecule has 250 valence electrons. The molecule has 0 bridgehead atoms. The van der Waals surface area contributed by atoms with Crippen LogP contribution in [0.5, 0.6) is 0 Å². The van der Waals surface area contributed by atoms with Gasteiger partial charge < -0.3 is 0 Å². The van der Waals surface area contributed by atoms with Crippen molar-refractivity contribution >= 4 is 21.5 Å². The highest BCUT2D eigenvalue weighted by atomic mass is 14.9. The van der Waals surface area contributed by atoms with Crippen LogP contribution < -0.4 is 0 Å².